The largest absolute Gasteiger partial charge is 0.497 e. The van der Waals surface area contributed by atoms with Gasteiger partial charge < -0.3 is 28.8 Å². The van der Waals surface area contributed by atoms with Gasteiger partial charge in [-0.2, -0.15) is 0 Å². The van der Waals surface area contributed by atoms with Crippen molar-refractivity contribution in [1.82, 2.24) is 0 Å². The van der Waals surface area contributed by atoms with E-state index < -0.39 is 18.1 Å². The van der Waals surface area contributed by atoms with E-state index in [1.54, 1.807) is 14.2 Å². The van der Waals surface area contributed by atoms with Gasteiger partial charge >= 0.3 is 5.97 Å². The van der Waals surface area contributed by atoms with Crippen LogP contribution in [0.4, 0.5) is 0 Å². The Morgan fingerprint density at radius 2 is 1.69 bits per heavy atom. The van der Waals surface area contributed by atoms with E-state index in [9.17, 15) is 9.90 Å². The number of ether oxygens (including phenoxy) is 5. The molecule has 0 unspecified atom stereocenters. The number of hydrogen-bond acceptors (Lipinski definition) is 7. The standard InChI is InChI=1S/C28H36O7/c1-28(2)25(34-17-18-8-6-5-7-9-18)23-22(27(30)35-26(23)28)24(29)21(32-4)14-15-33-16-19-10-12-20(31-3)13-11-19/h5-13,21-26,29H,14-17H2,1-4H3/t21-,22+,23+,24+,25+,26+/m1/s1. The van der Waals surface area contributed by atoms with Crippen LogP contribution in [0, 0.1) is 17.3 Å². The molecule has 0 bridgehead atoms. The highest BCUT2D eigenvalue weighted by Gasteiger charge is 2.69. The fourth-order valence-corrected chi connectivity index (χ4v) is 5.39. The minimum absolute atomic E-state index is 0.206. The normalized spacial score (nSPS) is 26.4. The van der Waals surface area contributed by atoms with Gasteiger partial charge in [-0.1, -0.05) is 56.3 Å². The van der Waals surface area contributed by atoms with Crippen molar-refractivity contribution < 1.29 is 33.6 Å². The Hall–Kier alpha value is -2.45. The first-order valence-corrected chi connectivity index (χ1v) is 12.1. The van der Waals surface area contributed by atoms with Crippen LogP contribution in [0.5, 0.6) is 5.75 Å². The molecule has 4 rings (SSSR count). The van der Waals surface area contributed by atoms with Crippen molar-refractivity contribution in [3.63, 3.8) is 0 Å². The summed E-state index contributed by atoms with van der Waals surface area (Å²) in [6.07, 6.45) is -1.60. The summed E-state index contributed by atoms with van der Waals surface area (Å²) in [7, 11) is 3.18. The Balaban J connectivity index is 1.34. The predicted octanol–water partition coefficient (Wildman–Crippen LogP) is 3.76. The Kier molecular flexibility index (Phi) is 8.12. The average molecular weight is 485 g/mol. The van der Waals surface area contributed by atoms with E-state index in [1.807, 2.05) is 68.4 Å². The number of carbonyl (C=O) groups excluding carboxylic acids is 1. The highest BCUT2D eigenvalue weighted by molar-refractivity contribution is 5.77. The number of fused-ring (bicyclic) bond motifs is 1. The summed E-state index contributed by atoms with van der Waals surface area (Å²) in [6, 6.07) is 17.6. The second kappa shape index (κ2) is 11.1. The quantitative estimate of drug-likeness (QED) is 0.363. The van der Waals surface area contributed by atoms with Crippen molar-refractivity contribution in [2.24, 2.45) is 17.3 Å². The lowest BCUT2D eigenvalue weighted by molar-refractivity contribution is -0.221. The summed E-state index contributed by atoms with van der Waals surface area (Å²) in [4.78, 5) is 12.8. The molecule has 1 saturated heterocycles. The van der Waals surface area contributed by atoms with Crippen LogP contribution in [-0.4, -0.2) is 56.3 Å². The van der Waals surface area contributed by atoms with Gasteiger partial charge in [0.25, 0.3) is 0 Å². The third-order valence-electron chi connectivity index (χ3n) is 7.39. The number of esters is 1. The lowest BCUT2D eigenvalue weighted by atomic mass is 9.55. The number of methoxy groups -OCH3 is 2. The molecule has 0 radical (unpaired) electrons. The van der Waals surface area contributed by atoms with Crippen molar-refractivity contribution in [1.29, 1.82) is 0 Å². The van der Waals surface area contributed by atoms with Crippen LogP contribution in [0.1, 0.15) is 31.4 Å². The zero-order valence-electron chi connectivity index (χ0n) is 20.9. The van der Waals surface area contributed by atoms with Gasteiger partial charge in [-0.3, -0.25) is 4.79 Å². The smallest absolute Gasteiger partial charge is 0.312 e. The lowest BCUT2D eigenvalue weighted by Gasteiger charge is -2.54. The molecular formula is C28H36O7. The minimum atomic E-state index is -1.01. The Morgan fingerprint density at radius 3 is 2.34 bits per heavy atom. The second-order valence-corrected chi connectivity index (χ2v) is 9.95. The molecule has 7 nitrogen and oxygen atoms in total. The summed E-state index contributed by atoms with van der Waals surface area (Å²) < 4.78 is 28.5. The van der Waals surface area contributed by atoms with E-state index >= 15 is 0 Å². The predicted molar refractivity (Wildman–Crippen MR) is 130 cm³/mol. The van der Waals surface area contributed by atoms with Crippen LogP contribution in [-0.2, 0) is 37.0 Å². The highest BCUT2D eigenvalue weighted by atomic mass is 16.6. The van der Waals surface area contributed by atoms with Crippen molar-refractivity contribution in [2.75, 3.05) is 20.8 Å². The van der Waals surface area contributed by atoms with E-state index in [4.69, 9.17) is 23.7 Å². The molecule has 0 aromatic heterocycles. The molecule has 2 fully saturated rings. The fourth-order valence-electron chi connectivity index (χ4n) is 5.39. The molecule has 7 heteroatoms. The van der Waals surface area contributed by atoms with Crippen LogP contribution in [0.25, 0.3) is 0 Å². The highest BCUT2D eigenvalue weighted by Crippen LogP contribution is 2.57. The molecule has 1 saturated carbocycles. The van der Waals surface area contributed by atoms with Crippen LogP contribution in [0.15, 0.2) is 54.6 Å². The molecule has 1 aliphatic heterocycles. The lowest BCUT2D eigenvalue weighted by Crippen LogP contribution is -2.64. The van der Waals surface area contributed by atoms with Gasteiger partial charge in [-0.25, -0.2) is 0 Å². The molecule has 2 aromatic carbocycles. The van der Waals surface area contributed by atoms with Gasteiger partial charge in [0.1, 0.15) is 11.9 Å². The monoisotopic (exact) mass is 484 g/mol. The molecule has 0 amide bonds. The number of aliphatic hydroxyl groups excluding tert-OH is 1. The number of benzene rings is 2. The van der Waals surface area contributed by atoms with Crippen LogP contribution in [0.3, 0.4) is 0 Å². The minimum Gasteiger partial charge on any atom is -0.497 e. The van der Waals surface area contributed by atoms with Crippen molar-refractivity contribution >= 4 is 5.97 Å². The Labute approximate surface area is 207 Å². The molecule has 1 heterocycles. The van der Waals surface area contributed by atoms with E-state index in [0.717, 1.165) is 16.9 Å². The maximum absolute atomic E-state index is 12.8. The molecule has 1 aliphatic carbocycles. The van der Waals surface area contributed by atoms with Crippen molar-refractivity contribution in [3.05, 3.63) is 65.7 Å². The Bertz CT molecular complexity index is 959. The van der Waals surface area contributed by atoms with Crippen LogP contribution in [0.2, 0.25) is 0 Å². The second-order valence-electron chi connectivity index (χ2n) is 9.95. The van der Waals surface area contributed by atoms with Gasteiger partial charge in [0.2, 0.25) is 0 Å². The first kappa shape index (κ1) is 25.6. The van der Waals surface area contributed by atoms with E-state index in [0.29, 0.717) is 26.2 Å². The SMILES string of the molecule is COc1ccc(COCC[C@@H](OC)[C@H](O)[C@H]2C(=O)O[C@H]3[C@@H]2[C@H](OCc2ccccc2)C3(C)C)cc1. The summed E-state index contributed by atoms with van der Waals surface area (Å²) >= 11 is 0. The molecule has 2 aliphatic rings. The molecule has 6 atom stereocenters. The number of carbonyl (C=O) groups is 1. The number of hydrogen-bond donors (Lipinski definition) is 1. The zero-order chi connectivity index (χ0) is 25.0. The summed E-state index contributed by atoms with van der Waals surface area (Å²) in [5.41, 5.74) is 1.77. The van der Waals surface area contributed by atoms with Gasteiger partial charge in [0.05, 0.1) is 44.6 Å². The van der Waals surface area contributed by atoms with Crippen molar-refractivity contribution in [2.45, 2.75) is 57.9 Å². The molecule has 2 aromatic rings. The van der Waals surface area contributed by atoms with Crippen LogP contribution >= 0.6 is 0 Å². The maximum Gasteiger partial charge on any atom is 0.312 e. The first-order chi connectivity index (χ1) is 16.9. The third-order valence-corrected chi connectivity index (χ3v) is 7.39. The zero-order valence-corrected chi connectivity index (χ0v) is 20.9. The van der Waals surface area contributed by atoms with Gasteiger partial charge in [0, 0.05) is 25.0 Å². The molecule has 190 valence electrons. The average Bonchev–Trinajstić information content (AvgIpc) is 3.19. The molecule has 0 spiro atoms. The first-order valence-electron chi connectivity index (χ1n) is 12.1. The van der Waals surface area contributed by atoms with Crippen LogP contribution < -0.4 is 4.74 Å². The van der Waals surface area contributed by atoms with E-state index in [1.165, 1.54) is 0 Å². The molecular weight excluding hydrogens is 448 g/mol. The summed E-state index contributed by atoms with van der Waals surface area (Å²) in [6.45, 7) is 5.37. The van der Waals surface area contributed by atoms with E-state index in [2.05, 4.69) is 0 Å². The van der Waals surface area contributed by atoms with Gasteiger partial charge in [-0.05, 0) is 29.7 Å². The fraction of sp³-hybridized carbons (Fsp3) is 0.536. The Morgan fingerprint density at radius 1 is 1.00 bits per heavy atom. The van der Waals surface area contributed by atoms with Gasteiger partial charge in [-0.15, -0.1) is 0 Å². The summed E-state index contributed by atoms with van der Waals surface area (Å²) in [5, 5.41) is 11.2. The van der Waals surface area contributed by atoms with E-state index in [-0.39, 0.29) is 29.5 Å². The maximum atomic E-state index is 12.8. The number of aliphatic hydroxyl groups is 1. The number of rotatable bonds is 12. The summed E-state index contributed by atoms with van der Waals surface area (Å²) in [5.74, 6) is -0.495. The third kappa shape index (κ3) is 5.38. The molecule has 1 N–H and O–H groups in total. The molecule has 35 heavy (non-hydrogen) atoms. The van der Waals surface area contributed by atoms with Crippen molar-refractivity contribution in [3.8, 4) is 5.75 Å². The van der Waals surface area contributed by atoms with Gasteiger partial charge in [0.15, 0.2) is 0 Å². The topological polar surface area (TPSA) is 83.5 Å².